The van der Waals surface area contributed by atoms with Gasteiger partial charge in [0.1, 0.15) is 6.54 Å². The van der Waals surface area contributed by atoms with Crippen molar-refractivity contribution < 1.29 is 28.3 Å². The molecule has 0 bridgehead atoms. The molecule has 1 atom stereocenters. The summed E-state index contributed by atoms with van der Waals surface area (Å²) >= 11 is 5.76. The van der Waals surface area contributed by atoms with Crippen LogP contribution in [0.4, 0.5) is 5.69 Å². The van der Waals surface area contributed by atoms with Crippen molar-refractivity contribution in [1.29, 1.82) is 0 Å². The fraction of sp³-hybridized carbons (Fsp3) is 0.222. The monoisotopic (exact) mass is 407 g/mol. The minimum atomic E-state index is -1.07. The Hall–Kier alpha value is -3.33. The number of ether oxygens (including phenoxy) is 1. The highest BCUT2D eigenvalue weighted by Gasteiger charge is 2.18. The standard InChI is InChI=1S/C18H18ClN3O6/c1-11(17(25)22-13-6-4-12(19)5-7-13)28-16(24)10-20-15(23)9-21-18(26)14-3-2-8-27-14/h2-8,11H,9-10H2,1H3,(H,20,23)(H,21,26)(H,22,25)/t11-/m0/s1. The second-order valence-corrected chi connectivity index (χ2v) is 6.00. The summed E-state index contributed by atoms with van der Waals surface area (Å²) in [5, 5.41) is 7.70. The zero-order valence-corrected chi connectivity index (χ0v) is 15.6. The molecule has 0 saturated heterocycles. The molecule has 3 amide bonds. The summed E-state index contributed by atoms with van der Waals surface area (Å²) in [6.45, 7) is 0.599. The van der Waals surface area contributed by atoms with Crippen LogP contribution in [0.15, 0.2) is 47.1 Å². The van der Waals surface area contributed by atoms with Crippen molar-refractivity contribution in [1.82, 2.24) is 10.6 Å². The van der Waals surface area contributed by atoms with Gasteiger partial charge in [-0.25, -0.2) is 0 Å². The van der Waals surface area contributed by atoms with Gasteiger partial charge in [-0.3, -0.25) is 19.2 Å². The third kappa shape index (κ3) is 6.76. The molecule has 1 aromatic heterocycles. The minimum absolute atomic E-state index is 0.0627. The number of anilines is 1. The number of halogens is 1. The van der Waals surface area contributed by atoms with Crippen molar-refractivity contribution in [3.8, 4) is 0 Å². The Labute approximate surface area is 165 Å². The van der Waals surface area contributed by atoms with E-state index in [0.717, 1.165) is 0 Å². The molecule has 2 aromatic rings. The number of benzene rings is 1. The summed E-state index contributed by atoms with van der Waals surface area (Å²) in [4.78, 5) is 47.0. The Morgan fingerprint density at radius 3 is 2.43 bits per heavy atom. The summed E-state index contributed by atoms with van der Waals surface area (Å²) in [6, 6.07) is 9.40. The van der Waals surface area contributed by atoms with Gasteiger partial charge in [0.2, 0.25) is 5.91 Å². The van der Waals surface area contributed by atoms with Crippen molar-refractivity contribution >= 4 is 41.0 Å². The molecular formula is C18H18ClN3O6. The molecule has 3 N–H and O–H groups in total. The summed E-state index contributed by atoms with van der Waals surface area (Å²) in [5.74, 6) is -2.43. The Morgan fingerprint density at radius 2 is 1.79 bits per heavy atom. The number of rotatable bonds is 8. The van der Waals surface area contributed by atoms with E-state index in [4.69, 9.17) is 20.8 Å². The molecule has 0 radical (unpaired) electrons. The fourth-order valence-corrected chi connectivity index (χ4v) is 2.08. The molecule has 10 heteroatoms. The maximum Gasteiger partial charge on any atom is 0.326 e. The van der Waals surface area contributed by atoms with Gasteiger partial charge < -0.3 is 25.1 Å². The number of esters is 1. The average Bonchev–Trinajstić information content (AvgIpc) is 3.21. The quantitative estimate of drug-likeness (QED) is 0.567. The van der Waals surface area contributed by atoms with Crippen LogP contribution in [0.2, 0.25) is 5.02 Å². The van der Waals surface area contributed by atoms with Crippen LogP contribution < -0.4 is 16.0 Å². The van der Waals surface area contributed by atoms with E-state index in [2.05, 4.69) is 16.0 Å². The van der Waals surface area contributed by atoms with Gasteiger partial charge in [0, 0.05) is 10.7 Å². The molecule has 1 aromatic carbocycles. The van der Waals surface area contributed by atoms with Crippen molar-refractivity contribution in [3.63, 3.8) is 0 Å². The first-order chi connectivity index (χ1) is 13.3. The van der Waals surface area contributed by atoms with Gasteiger partial charge in [-0.1, -0.05) is 11.6 Å². The number of carbonyl (C=O) groups is 4. The van der Waals surface area contributed by atoms with Gasteiger partial charge in [0.25, 0.3) is 11.8 Å². The smallest absolute Gasteiger partial charge is 0.326 e. The first-order valence-corrected chi connectivity index (χ1v) is 8.57. The number of carbonyl (C=O) groups excluding carboxylic acids is 4. The highest BCUT2D eigenvalue weighted by Crippen LogP contribution is 2.13. The summed E-state index contributed by atoms with van der Waals surface area (Å²) in [5.41, 5.74) is 0.498. The van der Waals surface area contributed by atoms with Crippen molar-refractivity contribution in [2.45, 2.75) is 13.0 Å². The number of hydrogen-bond acceptors (Lipinski definition) is 6. The average molecular weight is 408 g/mol. The Kier molecular flexibility index (Phi) is 7.58. The lowest BCUT2D eigenvalue weighted by atomic mass is 10.3. The number of nitrogens with one attached hydrogen (secondary N) is 3. The molecular weight excluding hydrogens is 390 g/mol. The molecule has 0 unspecified atom stereocenters. The molecule has 1 heterocycles. The maximum absolute atomic E-state index is 12.0. The van der Waals surface area contributed by atoms with Gasteiger partial charge in [-0.2, -0.15) is 0 Å². The van der Waals surface area contributed by atoms with E-state index in [1.54, 1.807) is 24.3 Å². The largest absolute Gasteiger partial charge is 0.459 e. The van der Waals surface area contributed by atoms with Gasteiger partial charge in [0.15, 0.2) is 11.9 Å². The maximum atomic E-state index is 12.0. The fourth-order valence-electron chi connectivity index (χ4n) is 1.96. The molecule has 148 valence electrons. The molecule has 0 aliphatic heterocycles. The van der Waals surface area contributed by atoms with Crippen LogP contribution in [0.25, 0.3) is 0 Å². The predicted molar refractivity (Wildman–Crippen MR) is 99.7 cm³/mol. The molecule has 0 spiro atoms. The molecule has 0 fully saturated rings. The third-order valence-electron chi connectivity index (χ3n) is 3.37. The third-order valence-corrected chi connectivity index (χ3v) is 3.63. The predicted octanol–water partition coefficient (Wildman–Crippen LogP) is 1.35. The Morgan fingerprint density at radius 1 is 1.07 bits per heavy atom. The molecule has 2 rings (SSSR count). The normalized spacial score (nSPS) is 11.2. The van der Waals surface area contributed by atoms with E-state index in [1.165, 1.54) is 25.3 Å². The van der Waals surface area contributed by atoms with Crippen LogP contribution in [0.5, 0.6) is 0 Å². The van der Waals surface area contributed by atoms with E-state index in [1.807, 2.05) is 0 Å². The van der Waals surface area contributed by atoms with Crippen LogP contribution in [0, 0.1) is 0 Å². The van der Waals surface area contributed by atoms with Crippen molar-refractivity contribution in [2.24, 2.45) is 0 Å². The van der Waals surface area contributed by atoms with E-state index in [-0.39, 0.29) is 12.3 Å². The second kappa shape index (κ2) is 10.1. The van der Waals surface area contributed by atoms with Crippen LogP contribution in [0.3, 0.4) is 0 Å². The Bertz CT molecular complexity index is 836. The van der Waals surface area contributed by atoms with Gasteiger partial charge >= 0.3 is 5.97 Å². The lowest BCUT2D eigenvalue weighted by Gasteiger charge is -2.14. The first-order valence-electron chi connectivity index (χ1n) is 8.19. The number of amides is 3. The van der Waals surface area contributed by atoms with Crippen LogP contribution in [-0.2, 0) is 19.1 Å². The lowest BCUT2D eigenvalue weighted by Crippen LogP contribution is -2.40. The van der Waals surface area contributed by atoms with Crippen LogP contribution in [0.1, 0.15) is 17.5 Å². The lowest BCUT2D eigenvalue weighted by molar-refractivity contribution is -0.152. The summed E-state index contributed by atoms with van der Waals surface area (Å²) < 4.78 is 9.83. The summed E-state index contributed by atoms with van der Waals surface area (Å²) in [7, 11) is 0. The molecule has 9 nitrogen and oxygen atoms in total. The van der Waals surface area contributed by atoms with Crippen molar-refractivity contribution in [3.05, 3.63) is 53.4 Å². The molecule has 0 aliphatic carbocycles. The van der Waals surface area contributed by atoms with E-state index in [0.29, 0.717) is 10.7 Å². The minimum Gasteiger partial charge on any atom is -0.459 e. The van der Waals surface area contributed by atoms with Gasteiger partial charge in [-0.05, 0) is 43.3 Å². The van der Waals surface area contributed by atoms with Crippen LogP contribution >= 0.6 is 11.6 Å². The molecule has 28 heavy (non-hydrogen) atoms. The van der Waals surface area contributed by atoms with E-state index in [9.17, 15) is 19.2 Å². The number of furan rings is 1. The topological polar surface area (TPSA) is 127 Å². The highest BCUT2D eigenvalue weighted by atomic mass is 35.5. The van der Waals surface area contributed by atoms with E-state index < -0.39 is 36.3 Å². The molecule has 0 saturated carbocycles. The SMILES string of the molecule is C[C@H](OC(=O)CNC(=O)CNC(=O)c1ccco1)C(=O)Nc1ccc(Cl)cc1. The zero-order chi connectivity index (χ0) is 20.5. The second-order valence-electron chi connectivity index (χ2n) is 5.56. The molecule has 0 aliphatic rings. The van der Waals surface area contributed by atoms with E-state index >= 15 is 0 Å². The first kappa shape index (κ1) is 21.0. The summed E-state index contributed by atoms with van der Waals surface area (Å²) in [6.07, 6.45) is 0.258. The van der Waals surface area contributed by atoms with Crippen molar-refractivity contribution in [2.75, 3.05) is 18.4 Å². The highest BCUT2D eigenvalue weighted by molar-refractivity contribution is 6.30. The Balaban J connectivity index is 1.67. The number of hydrogen-bond donors (Lipinski definition) is 3. The van der Waals surface area contributed by atoms with Gasteiger partial charge in [0.05, 0.1) is 12.8 Å². The zero-order valence-electron chi connectivity index (χ0n) is 14.9. The van der Waals surface area contributed by atoms with Gasteiger partial charge in [-0.15, -0.1) is 0 Å². The van der Waals surface area contributed by atoms with Crippen LogP contribution in [-0.4, -0.2) is 42.9 Å².